The van der Waals surface area contributed by atoms with Crippen molar-refractivity contribution in [1.29, 1.82) is 0 Å². The fourth-order valence-electron chi connectivity index (χ4n) is 1.11. The summed E-state index contributed by atoms with van der Waals surface area (Å²) < 4.78 is 13.7. The molecule has 1 atom stereocenters. The van der Waals surface area contributed by atoms with Crippen LogP contribution in [0.2, 0.25) is 5.02 Å². The lowest BCUT2D eigenvalue weighted by Crippen LogP contribution is -2.27. The summed E-state index contributed by atoms with van der Waals surface area (Å²) in [6, 6.07) is 4.63. The molecule has 2 nitrogen and oxygen atoms in total. The first-order valence-electron chi connectivity index (χ1n) is 4.04. The lowest BCUT2D eigenvalue weighted by Gasteiger charge is -2.17. The molecule has 0 aromatic heterocycles. The fourth-order valence-corrected chi connectivity index (χ4v) is 1.41. The molecule has 0 radical (unpaired) electrons. The highest BCUT2D eigenvalue weighted by molar-refractivity contribution is 6.31. The van der Waals surface area contributed by atoms with Gasteiger partial charge in [-0.2, -0.15) is 0 Å². The number of carboxylic acids is 1. The van der Waals surface area contributed by atoms with E-state index in [9.17, 15) is 9.18 Å². The predicted octanol–water partition coefficient (Wildman–Crippen LogP) is 2.92. The lowest BCUT2D eigenvalue weighted by atomic mass is 9.96. The summed E-state index contributed by atoms with van der Waals surface area (Å²) in [5, 5.41) is 8.80. The number of hydrogen-bond acceptors (Lipinski definition) is 1. The van der Waals surface area contributed by atoms with Crippen LogP contribution >= 0.6 is 11.6 Å². The number of carbonyl (C=O) groups is 1. The van der Waals surface area contributed by atoms with Crippen LogP contribution in [0.1, 0.15) is 18.1 Å². The molecule has 1 N–H and O–H groups in total. The molecule has 0 spiro atoms. The highest BCUT2D eigenvalue weighted by atomic mass is 35.5. The Labute approximate surface area is 86.3 Å². The normalized spacial score (nSPS) is 14.9. The first kappa shape index (κ1) is 11.0. The van der Waals surface area contributed by atoms with E-state index in [1.54, 1.807) is 13.0 Å². The molecule has 0 aliphatic rings. The minimum absolute atomic E-state index is 0.00772. The number of aliphatic carboxylic acids is 1. The Balaban J connectivity index is 3.31. The van der Waals surface area contributed by atoms with Gasteiger partial charge in [-0.25, -0.2) is 9.18 Å². The molecule has 14 heavy (non-hydrogen) atoms. The number of hydrogen-bond donors (Lipinski definition) is 1. The maximum Gasteiger partial charge on any atom is 0.345 e. The van der Waals surface area contributed by atoms with Crippen LogP contribution in [0, 0.1) is 6.92 Å². The quantitative estimate of drug-likeness (QED) is 0.826. The molecule has 0 aliphatic carbocycles. The van der Waals surface area contributed by atoms with Crippen LogP contribution < -0.4 is 0 Å². The van der Waals surface area contributed by atoms with Crippen molar-refractivity contribution in [1.82, 2.24) is 0 Å². The zero-order chi connectivity index (χ0) is 10.9. The Bertz CT molecular complexity index is 374. The Morgan fingerprint density at radius 3 is 2.64 bits per heavy atom. The van der Waals surface area contributed by atoms with E-state index < -0.39 is 11.6 Å². The summed E-state index contributed by atoms with van der Waals surface area (Å²) in [5.74, 6) is -1.54. The molecule has 1 rings (SSSR count). The molecule has 0 heterocycles. The van der Waals surface area contributed by atoms with Gasteiger partial charge in [0, 0.05) is 10.6 Å². The van der Waals surface area contributed by atoms with Crippen LogP contribution in [0.3, 0.4) is 0 Å². The third-order valence-corrected chi connectivity index (χ3v) is 2.36. The molecular formula is C10H10ClFO2. The first-order chi connectivity index (χ1) is 6.35. The molecule has 4 heteroatoms. The summed E-state index contributed by atoms with van der Waals surface area (Å²) in [4.78, 5) is 10.7. The molecular weight excluding hydrogens is 207 g/mol. The largest absolute Gasteiger partial charge is 0.479 e. The van der Waals surface area contributed by atoms with E-state index in [1.807, 2.05) is 0 Å². The Morgan fingerprint density at radius 1 is 1.57 bits per heavy atom. The van der Waals surface area contributed by atoms with Gasteiger partial charge in [0.05, 0.1) is 0 Å². The van der Waals surface area contributed by atoms with Crippen LogP contribution in [-0.4, -0.2) is 11.1 Å². The van der Waals surface area contributed by atoms with Crippen molar-refractivity contribution in [3.8, 4) is 0 Å². The topological polar surface area (TPSA) is 37.3 Å². The van der Waals surface area contributed by atoms with Crippen LogP contribution in [0.25, 0.3) is 0 Å². The molecule has 0 aliphatic heterocycles. The average molecular weight is 217 g/mol. The maximum absolute atomic E-state index is 13.7. The molecule has 1 aromatic rings. The number of alkyl halides is 1. The van der Waals surface area contributed by atoms with E-state index >= 15 is 0 Å². The Morgan fingerprint density at radius 2 is 2.14 bits per heavy atom. The van der Waals surface area contributed by atoms with Gasteiger partial charge in [-0.05, 0) is 19.9 Å². The van der Waals surface area contributed by atoms with Gasteiger partial charge in [0.25, 0.3) is 0 Å². The second-order valence-corrected chi connectivity index (χ2v) is 3.70. The van der Waals surface area contributed by atoms with E-state index in [0.717, 1.165) is 12.5 Å². The summed E-state index contributed by atoms with van der Waals surface area (Å²) in [7, 11) is 0. The predicted molar refractivity (Wildman–Crippen MR) is 52.3 cm³/mol. The zero-order valence-electron chi connectivity index (χ0n) is 7.84. The minimum atomic E-state index is -2.44. The molecule has 0 bridgehead atoms. The molecule has 0 fully saturated rings. The third kappa shape index (κ3) is 1.87. The highest BCUT2D eigenvalue weighted by Gasteiger charge is 2.36. The second-order valence-electron chi connectivity index (χ2n) is 3.29. The minimum Gasteiger partial charge on any atom is -0.479 e. The summed E-state index contributed by atoms with van der Waals surface area (Å²) in [5.41, 5.74) is -1.68. The second kappa shape index (κ2) is 3.58. The summed E-state index contributed by atoms with van der Waals surface area (Å²) in [6.45, 7) is 2.73. The van der Waals surface area contributed by atoms with Gasteiger partial charge < -0.3 is 5.11 Å². The molecule has 0 saturated heterocycles. The van der Waals surface area contributed by atoms with E-state index in [0.29, 0.717) is 0 Å². The zero-order valence-corrected chi connectivity index (χ0v) is 8.60. The van der Waals surface area contributed by atoms with Gasteiger partial charge in [0.1, 0.15) is 0 Å². The highest BCUT2D eigenvalue weighted by Crippen LogP contribution is 2.32. The number of carboxylic acid groups (broad SMARTS) is 1. The number of benzene rings is 1. The third-order valence-electron chi connectivity index (χ3n) is 2.03. The molecule has 1 unspecified atom stereocenters. The molecule has 76 valence electrons. The summed E-state index contributed by atoms with van der Waals surface area (Å²) >= 11 is 5.72. The first-order valence-corrected chi connectivity index (χ1v) is 4.42. The van der Waals surface area contributed by atoms with E-state index in [1.165, 1.54) is 12.1 Å². The van der Waals surface area contributed by atoms with Gasteiger partial charge in [0.15, 0.2) is 0 Å². The van der Waals surface area contributed by atoms with Crippen molar-refractivity contribution in [2.24, 2.45) is 0 Å². The number of rotatable bonds is 2. The number of halogens is 2. The van der Waals surface area contributed by atoms with Crippen molar-refractivity contribution < 1.29 is 14.3 Å². The van der Waals surface area contributed by atoms with E-state index in [2.05, 4.69) is 0 Å². The maximum atomic E-state index is 13.7. The molecule has 0 amide bonds. The molecule has 1 aromatic carbocycles. The smallest absolute Gasteiger partial charge is 0.345 e. The van der Waals surface area contributed by atoms with Crippen molar-refractivity contribution in [2.75, 3.05) is 0 Å². The van der Waals surface area contributed by atoms with Crippen LogP contribution in [-0.2, 0) is 10.5 Å². The average Bonchev–Trinajstić information content (AvgIpc) is 2.08. The van der Waals surface area contributed by atoms with Crippen molar-refractivity contribution in [3.63, 3.8) is 0 Å². The van der Waals surface area contributed by atoms with E-state index in [4.69, 9.17) is 16.7 Å². The van der Waals surface area contributed by atoms with Gasteiger partial charge >= 0.3 is 5.97 Å². The van der Waals surface area contributed by atoms with Gasteiger partial charge in [0.2, 0.25) is 5.67 Å². The molecule has 0 saturated carbocycles. The summed E-state index contributed by atoms with van der Waals surface area (Å²) in [6.07, 6.45) is 0. The fraction of sp³-hybridized carbons (Fsp3) is 0.300. The van der Waals surface area contributed by atoms with Crippen molar-refractivity contribution >= 4 is 17.6 Å². The van der Waals surface area contributed by atoms with Crippen LogP contribution in [0.4, 0.5) is 4.39 Å². The monoisotopic (exact) mass is 216 g/mol. The van der Waals surface area contributed by atoms with Gasteiger partial charge in [-0.15, -0.1) is 0 Å². The van der Waals surface area contributed by atoms with Gasteiger partial charge in [-0.3, -0.25) is 0 Å². The Kier molecular flexibility index (Phi) is 2.81. The van der Waals surface area contributed by atoms with Crippen LogP contribution in [0.5, 0.6) is 0 Å². The Hall–Kier alpha value is -1.09. The standard InChI is InChI=1S/C10H10ClFO2/c1-6-3-4-8(11)7(5-6)10(2,12)9(13)14/h3-5H,1-2H3,(H,13,14). The SMILES string of the molecule is Cc1ccc(Cl)c(C(C)(F)C(=O)O)c1. The lowest BCUT2D eigenvalue weighted by molar-refractivity contribution is -0.150. The van der Waals surface area contributed by atoms with E-state index in [-0.39, 0.29) is 10.6 Å². The number of aryl methyl sites for hydroxylation is 1. The van der Waals surface area contributed by atoms with Crippen LogP contribution in [0.15, 0.2) is 18.2 Å². The van der Waals surface area contributed by atoms with Crippen molar-refractivity contribution in [3.05, 3.63) is 34.3 Å². The van der Waals surface area contributed by atoms with Gasteiger partial charge in [-0.1, -0.05) is 29.3 Å². The van der Waals surface area contributed by atoms with Crippen molar-refractivity contribution in [2.45, 2.75) is 19.5 Å².